The smallest absolute Gasteiger partial charge is 0.250 e. The van der Waals surface area contributed by atoms with Crippen LogP contribution in [0, 0.1) is 0 Å². The molecule has 0 spiro atoms. The summed E-state index contributed by atoms with van der Waals surface area (Å²) in [6.07, 6.45) is -0.532. The number of halogens is 2. The minimum Gasteiger partial charge on any atom is -0.250 e. The van der Waals surface area contributed by atoms with E-state index in [4.69, 9.17) is 4.98 Å². The van der Waals surface area contributed by atoms with E-state index in [-0.39, 0.29) is 5.56 Å². The number of rotatable bonds is 3. The fourth-order valence-corrected chi connectivity index (χ4v) is 3.71. The lowest BCUT2D eigenvalue weighted by molar-refractivity contribution is 0.153. The molecule has 0 saturated heterocycles. The number of fused-ring (bicyclic) bond motifs is 2. The van der Waals surface area contributed by atoms with E-state index in [1.54, 1.807) is 17.8 Å². The lowest BCUT2D eigenvalue weighted by Crippen LogP contribution is -1.97. The molecule has 1 aliphatic carbocycles. The number of hydrogen-bond donors (Lipinski definition) is 0. The molecule has 0 amide bonds. The van der Waals surface area contributed by atoms with Gasteiger partial charge in [-0.3, -0.25) is 4.68 Å². The second kappa shape index (κ2) is 5.59. The van der Waals surface area contributed by atoms with Crippen LogP contribution >= 0.6 is 0 Å². The van der Waals surface area contributed by atoms with Gasteiger partial charge in [-0.1, -0.05) is 42.5 Å². The summed E-state index contributed by atoms with van der Waals surface area (Å²) in [5.74, 6) is 0.293. The van der Waals surface area contributed by atoms with Gasteiger partial charge in [0.1, 0.15) is 0 Å². The van der Waals surface area contributed by atoms with Crippen molar-refractivity contribution in [2.45, 2.75) is 25.2 Å². The number of aromatic nitrogens is 3. The minimum atomic E-state index is -2.56. The van der Waals surface area contributed by atoms with Crippen molar-refractivity contribution in [3.05, 3.63) is 59.8 Å². The highest BCUT2D eigenvalue weighted by atomic mass is 19.3. The van der Waals surface area contributed by atoms with Crippen molar-refractivity contribution in [1.82, 2.24) is 14.8 Å². The molecule has 26 heavy (non-hydrogen) atoms. The number of alkyl halides is 2. The molecule has 130 valence electrons. The number of hydrogen-bond acceptors (Lipinski definition) is 2. The molecule has 0 atom stereocenters. The molecule has 2 aromatic heterocycles. The van der Waals surface area contributed by atoms with E-state index < -0.39 is 6.43 Å². The first-order chi connectivity index (χ1) is 12.6. The topological polar surface area (TPSA) is 30.7 Å². The molecule has 0 N–H and O–H groups in total. The Morgan fingerprint density at radius 1 is 1.08 bits per heavy atom. The molecule has 1 saturated carbocycles. The summed E-state index contributed by atoms with van der Waals surface area (Å²) in [6, 6.07) is 15.4. The van der Waals surface area contributed by atoms with Crippen LogP contribution in [0.4, 0.5) is 8.78 Å². The Hall–Kier alpha value is -2.82. The van der Waals surface area contributed by atoms with Crippen molar-refractivity contribution in [1.29, 1.82) is 0 Å². The molecule has 3 nitrogen and oxygen atoms in total. The van der Waals surface area contributed by atoms with E-state index >= 15 is 0 Å². The van der Waals surface area contributed by atoms with Gasteiger partial charge in [0, 0.05) is 24.1 Å². The summed E-state index contributed by atoms with van der Waals surface area (Å²) < 4.78 is 29.5. The van der Waals surface area contributed by atoms with E-state index in [9.17, 15) is 8.78 Å². The molecular weight excluding hydrogens is 332 g/mol. The van der Waals surface area contributed by atoms with Crippen LogP contribution in [-0.4, -0.2) is 14.8 Å². The third-order valence-electron chi connectivity index (χ3n) is 5.12. The predicted molar refractivity (Wildman–Crippen MR) is 98.4 cm³/mol. The van der Waals surface area contributed by atoms with Crippen LogP contribution in [0.1, 0.15) is 36.4 Å². The second-order valence-corrected chi connectivity index (χ2v) is 6.91. The Morgan fingerprint density at radius 2 is 1.85 bits per heavy atom. The normalized spacial score (nSPS) is 14.6. The van der Waals surface area contributed by atoms with Crippen LogP contribution in [0.5, 0.6) is 0 Å². The first-order valence-corrected chi connectivity index (χ1v) is 8.77. The van der Waals surface area contributed by atoms with E-state index in [2.05, 4.69) is 5.10 Å². The van der Waals surface area contributed by atoms with Gasteiger partial charge in [-0.05, 0) is 29.7 Å². The first-order valence-electron chi connectivity index (χ1n) is 8.77. The van der Waals surface area contributed by atoms with Crippen molar-refractivity contribution in [3.8, 4) is 11.3 Å². The van der Waals surface area contributed by atoms with Crippen molar-refractivity contribution in [2.24, 2.45) is 7.05 Å². The number of benzene rings is 2. The lowest BCUT2D eigenvalue weighted by atomic mass is 9.99. The maximum atomic E-state index is 13.9. The zero-order valence-corrected chi connectivity index (χ0v) is 14.3. The second-order valence-electron chi connectivity index (χ2n) is 6.91. The third kappa shape index (κ3) is 2.30. The summed E-state index contributed by atoms with van der Waals surface area (Å²) in [5, 5.41) is 7.12. The Balaban J connectivity index is 1.83. The molecule has 2 aromatic carbocycles. The van der Waals surface area contributed by atoms with Gasteiger partial charge in [0.15, 0.2) is 5.65 Å². The standard InChI is InChI=1S/C21H17F2N3/c1-26-21-18(19(25-26)13-9-10-13)16(20(22)23)11-17(24-21)15-8-4-6-12-5-2-3-7-14(12)15/h2-8,11,13,20H,9-10H2,1H3. The molecule has 0 radical (unpaired) electrons. The summed E-state index contributed by atoms with van der Waals surface area (Å²) >= 11 is 0. The SMILES string of the molecule is Cn1nc(C2CC2)c2c(C(F)F)cc(-c3cccc4ccccc34)nc21. The van der Waals surface area contributed by atoms with Crippen LogP contribution in [-0.2, 0) is 7.05 Å². The summed E-state index contributed by atoms with van der Waals surface area (Å²) in [7, 11) is 1.78. The van der Waals surface area contributed by atoms with Crippen molar-refractivity contribution in [3.63, 3.8) is 0 Å². The average Bonchev–Trinajstić information content (AvgIpc) is 3.45. The quantitative estimate of drug-likeness (QED) is 0.482. The van der Waals surface area contributed by atoms with Crippen LogP contribution in [0.25, 0.3) is 33.1 Å². The third-order valence-corrected chi connectivity index (χ3v) is 5.12. The van der Waals surface area contributed by atoms with Crippen LogP contribution in [0.2, 0.25) is 0 Å². The lowest BCUT2D eigenvalue weighted by Gasteiger charge is -2.10. The van der Waals surface area contributed by atoms with E-state index in [0.29, 0.717) is 22.6 Å². The molecule has 0 bridgehead atoms. The fourth-order valence-electron chi connectivity index (χ4n) is 3.71. The largest absolute Gasteiger partial charge is 0.264 e. The number of nitrogens with zero attached hydrogens (tertiary/aromatic N) is 3. The molecule has 1 aliphatic rings. The van der Waals surface area contributed by atoms with Gasteiger partial charge in [0.25, 0.3) is 6.43 Å². The molecule has 5 heteroatoms. The van der Waals surface area contributed by atoms with Gasteiger partial charge in [0.2, 0.25) is 0 Å². The van der Waals surface area contributed by atoms with Gasteiger partial charge >= 0.3 is 0 Å². The highest BCUT2D eigenvalue weighted by molar-refractivity contribution is 5.97. The van der Waals surface area contributed by atoms with Crippen molar-refractivity contribution in [2.75, 3.05) is 0 Å². The predicted octanol–water partition coefficient (Wildman–Crippen LogP) is 5.60. The number of pyridine rings is 1. The summed E-state index contributed by atoms with van der Waals surface area (Å²) in [5.41, 5.74) is 2.77. The molecule has 0 aliphatic heterocycles. The van der Waals surface area contributed by atoms with E-state index in [1.807, 2.05) is 42.5 Å². The maximum absolute atomic E-state index is 13.9. The molecule has 5 rings (SSSR count). The van der Waals surface area contributed by atoms with Crippen molar-refractivity contribution >= 4 is 21.8 Å². The average molecular weight is 349 g/mol. The maximum Gasteiger partial charge on any atom is 0.264 e. The fraction of sp³-hybridized carbons (Fsp3) is 0.238. The Kier molecular flexibility index (Phi) is 3.32. The van der Waals surface area contributed by atoms with Crippen LogP contribution in [0.3, 0.4) is 0 Å². The van der Waals surface area contributed by atoms with Gasteiger partial charge in [-0.25, -0.2) is 13.8 Å². The van der Waals surface area contributed by atoms with E-state index in [0.717, 1.165) is 34.9 Å². The molecule has 2 heterocycles. The van der Waals surface area contributed by atoms with Gasteiger partial charge in [0.05, 0.1) is 16.8 Å². The minimum absolute atomic E-state index is 0.0351. The van der Waals surface area contributed by atoms with Crippen LogP contribution < -0.4 is 0 Å². The zero-order chi connectivity index (χ0) is 17.8. The molecule has 4 aromatic rings. The van der Waals surface area contributed by atoms with Gasteiger partial charge in [-0.15, -0.1) is 0 Å². The summed E-state index contributed by atoms with van der Waals surface area (Å²) in [6.45, 7) is 0. The Labute approximate surface area is 149 Å². The number of aryl methyl sites for hydroxylation is 1. The van der Waals surface area contributed by atoms with E-state index in [1.165, 1.54) is 0 Å². The van der Waals surface area contributed by atoms with Crippen molar-refractivity contribution < 1.29 is 8.78 Å². The molecule has 1 fully saturated rings. The van der Waals surface area contributed by atoms with Gasteiger partial charge in [-0.2, -0.15) is 5.10 Å². The highest BCUT2D eigenvalue weighted by Gasteiger charge is 2.32. The highest BCUT2D eigenvalue weighted by Crippen LogP contribution is 2.45. The van der Waals surface area contributed by atoms with Gasteiger partial charge < -0.3 is 0 Å². The zero-order valence-electron chi connectivity index (χ0n) is 14.3. The Bertz CT molecular complexity index is 1140. The molecule has 0 unspecified atom stereocenters. The first kappa shape index (κ1) is 15.4. The summed E-state index contributed by atoms with van der Waals surface area (Å²) in [4.78, 5) is 4.74. The Morgan fingerprint density at radius 3 is 2.62 bits per heavy atom. The molecular formula is C21H17F2N3. The monoisotopic (exact) mass is 349 g/mol. The van der Waals surface area contributed by atoms with Crippen LogP contribution in [0.15, 0.2) is 48.5 Å².